The summed E-state index contributed by atoms with van der Waals surface area (Å²) >= 11 is 0. The molecule has 5 heteroatoms. The van der Waals surface area contributed by atoms with Gasteiger partial charge in [0, 0.05) is 18.3 Å². The van der Waals surface area contributed by atoms with Crippen molar-refractivity contribution >= 4 is 5.69 Å². The molecular weight excluding hydrogens is 240 g/mol. The Morgan fingerprint density at radius 3 is 2.17 bits per heavy atom. The van der Waals surface area contributed by atoms with Gasteiger partial charge in [-0.3, -0.25) is 0 Å². The van der Waals surface area contributed by atoms with E-state index in [1.54, 1.807) is 6.07 Å². The van der Waals surface area contributed by atoms with Gasteiger partial charge in [-0.05, 0) is 29.8 Å². The van der Waals surface area contributed by atoms with Crippen molar-refractivity contribution in [2.45, 2.75) is 6.54 Å². The fraction of sp³-hybridized carbons (Fsp3) is 0.0769. The predicted octanol–water partition coefficient (Wildman–Crippen LogP) is 2.99. The van der Waals surface area contributed by atoms with E-state index in [1.165, 1.54) is 24.3 Å². The van der Waals surface area contributed by atoms with Crippen LogP contribution >= 0.6 is 0 Å². The van der Waals surface area contributed by atoms with E-state index in [9.17, 15) is 13.9 Å². The van der Waals surface area contributed by atoms with Crippen LogP contribution in [0.25, 0.3) is 0 Å². The largest absolute Gasteiger partial charge is 0.504 e. The highest BCUT2D eigenvalue weighted by Crippen LogP contribution is 2.25. The normalized spacial score (nSPS) is 10.3. The first-order chi connectivity index (χ1) is 8.54. The smallest absolute Gasteiger partial charge is 0.157 e. The van der Waals surface area contributed by atoms with Crippen LogP contribution in [0.4, 0.5) is 14.5 Å². The number of halogens is 2. The average molecular weight is 251 g/mol. The molecule has 0 saturated carbocycles. The van der Waals surface area contributed by atoms with Gasteiger partial charge in [0.15, 0.2) is 11.5 Å². The first-order valence-corrected chi connectivity index (χ1v) is 5.25. The maximum absolute atomic E-state index is 12.9. The maximum Gasteiger partial charge on any atom is 0.157 e. The number of hydrogen-bond acceptors (Lipinski definition) is 3. The number of aromatic hydroxyl groups is 2. The Morgan fingerprint density at radius 2 is 1.56 bits per heavy atom. The van der Waals surface area contributed by atoms with Gasteiger partial charge in [-0.2, -0.15) is 0 Å². The topological polar surface area (TPSA) is 52.5 Å². The minimum atomic E-state index is -0.661. The van der Waals surface area contributed by atoms with Crippen molar-refractivity contribution in [2.24, 2.45) is 0 Å². The molecule has 0 atom stereocenters. The van der Waals surface area contributed by atoms with Gasteiger partial charge in [0.25, 0.3) is 0 Å². The molecule has 0 bridgehead atoms. The second kappa shape index (κ2) is 4.91. The van der Waals surface area contributed by atoms with Crippen molar-refractivity contribution in [2.75, 3.05) is 5.32 Å². The highest BCUT2D eigenvalue weighted by molar-refractivity contribution is 5.46. The van der Waals surface area contributed by atoms with Gasteiger partial charge in [0.05, 0.1) is 0 Å². The average Bonchev–Trinajstić information content (AvgIpc) is 2.29. The van der Waals surface area contributed by atoms with Gasteiger partial charge in [0.2, 0.25) is 0 Å². The molecule has 2 aromatic carbocycles. The highest BCUT2D eigenvalue weighted by atomic mass is 19.1. The summed E-state index contributed by atoms with van der Waals surface area (Å²) in [5.74, 6) is -1.77. The van der Waals surface area contributed by atoms with Crippen molar-refractivity contribution < 1.29 is 19.0 Å². The Balaban J connectivity index is 2.08. The summed E-state index contributed by atoms with van der Waals surface area (Å²) in [5.41, 5.74) is 0.982. The molecule has 0 amide bonds. The molecule has 0 heterocycles. The molecule has 0 saturated heterocycles. The molecule has 0 aliphatic carbocycles. The molecule has 0 unspecified atom stereocenters. The van der Waals surface area contributed by atoms with Crippen LogP contribution in [-0.2, 0) is 6.54 Å². The van der Waals surface area contributed by atoms with Crippen molar-refractivity contribution in [1.29, 1.82) is 0 Å². The Hall–Kier alpha value is -2.30. The molecule has 0 aliphatic rings. The van der Waals surface area contributed by atoms with Crippen molar-refractivity contribution in [1.82, 2.24) is 0 Å². The summed E-state index contributed by atoms with van der Waals surface area (Å²) in [6, 6.07) is 7.44. The lowest BCUT2D eigenvalue weighted by atomic mass is 10.2. The van der Waals surface area contributed by atoms with Crippen LogP contribution in [0.1, 0.15) is 5.56 Å². The first kappa shape index (κ1) is 12.2. The molecule has 0 fully saturated rings. The first-order valence-electron chi connectivity index (χ1n) is 5.25. The fourth-order valence-electron chi connectivity index (χ4n) is 1.54. The van der Waals surface area contributed by atoms with E-state index < -0.39 is 11.6 Å². The summed E-state index contributed by atoms with van der Waals surface area (Å²) in [5, 5.41) is 21.2. The number of anilines is 1. The van der Waals surface area contributed by atoms with E-state index in [1.807, 2.05) is 0 Å². The van der Waals surface area contributed by atoms with E-state index >= 15 is 0 Å². The third-order valence-electron chi connectivity index (χ3n) is 2.40. The molecule has 3 N–H and O–H groups in total. The summed E-state index contributed by atoms with van der Waals surface area (Å²) in [6.45, 7) is 0.275. The van der Waals surface area contributed by atoms with E-state index in [0.717, 1.165) is 6.07 Å². The van der Waals surface area contributed by atoms with Gasteiger partial charge in [-0.25, -0.2) is 8.78 Å². The summed E-state index contributed by atoms with van der Waals surface area (Å²) in [4.78, 5) is 0. The highest BCUT2D eigenvalue weighted by Gasteiger charge is 2.03. The minimum absolute atomic E-state index is 0.212. The fourth-order valence-corrected chi connectivity index (χ4v) is 1.54. The summed E-state index contributed by atoms with van der Waals surface area (Å²) < 4.78 is 25.8. The zero-order valence-corrected chi connectivity index (χ0v) is 9.32. The standard InChI is InChI=1S/C13H11F2NO2/c14-9-4-10(15)6-11(5-9)16-7-8-1-2-12(17)13(18)3-8/h1-6,16-18H,7H2. The van der Waals surface area contributed by atoms with Gasteiger partial charge in [-0.15, -0.1) is 0 Å². The quantitative estimate of drug-likeness (QED) is 0.735. The predicted molar refractivity (Wildman–Crippen MR) is 63.5 cm³/mol. The van der Waals surface area contributed by atoms with Crippen LogP contribution in [0.5, 0.6) is 11.5 Å². The van der Waals surface area contributed by atoms with Crippen LogP contribution in [0.15, 0.2) is 36.4 Å². The molecule has 18 heavy (non-hydrogen) atoms. The van der Waals surface area contributed by atoms with Crippen molar-refractivity contribution in [3.8, 4) is 11.5 Å². The lowest BCUT2D eigenvalue weighted by Gasteiger charge is -2.08. The number of hydrogen-bond donors (Lipinski definition) is 3. The third kappa shape index (κ3) is 2.88. The van der Waals surface area contributed by atoms with Crippen molar-refractivity contribution in [3.05, 3.63) is 53.6 Å². The monoisotopic (exact) mass is 251 g/mol. The molecule has 2 rings (SSSR count). The van der Waals surface area contributed by atoms with Gasteiger partial charge < -0.3 is 15.5 Å². The third-order valence-corrected chi connectivity index (χ3v) is 2.40. The summed E-state index contributed by atoms with van der Waals surface area (Å²) in [7, 11) is 0. The number of benzene rings is 2. The Labute approximate surface area is 102 Å². The van der Waals surface area contributed by atoms with Crippen LogP contribution < -0.4 is 5.32 Å². The molecule has 94 valence electrons. The van der Waals surface area contributed by atoms with Gasteiger partial charge in [-0.1, -0.05) is 6.07 Å². The zero-order chi connectivity index (χ0) is 13.1. The number of rotatable bonds is 3. The SMILES string of the molecule is Oc1ccc(CNc2cc(F)cc(F)c2)cc1O. The molecule has 3 nitrogen and oxygen atoms in total. The molecule has 2 aromatic rings. The summed E-state index contributed by atoms with van der Waals surface area (Å²) in [6.07, 6.45) is 0. The molecule has 0 aliphatic heterocycles. The van der Waals surface area contributed by atoms with Crippen LogP contribution in [-0.4, -0.2) is 10.2 Å². The number of phenols is 2. The van der Waals surface area contributed by atoms with Crippen LogP contribution in [0.2, 0.25) is 0 Å². The second-order valence-corrected chi connectivity index (χ2v) is 3.83. The Kier molecular flexibility index (Phi) is 3.32. The van der Waals surface area contributed by atoms with E-state index in [4.69, 9.17) is 5.11 Å². The zero-order valence-electron chi connectivity index (χ0n) is 9.32. The van der Waals surface area contributed by atoms with E-state index in [0.29, 0.717) is 11.3 Å². The number of nitrogens with one attached hydrogen (secondary N) is 1. The van der Waals surface area contributed by atoms with E-state index in [2.05, 4.69) is 5.32 Å². The second-order valence-electron chi connectivity index (χ2n) is 3.83. The molecule has 0 radical (unpaired) electrons. The molecular formula is C13H11F2NO2. The Morgan fingerprint density at radius 1 is 0.889 bits per heavy atom. The lowest BCUT2D eigenvalue weighted by molar-refractivity contribution is 0.403. The number of phenolic OH excluding ortho intramolecular Hbond substituents is 2. The van der Waals surface area contributed by atoms with Gasteiger partial charge in [0.1, 0.15) is 11.6 Å². The molecule has 0 spiro atoms. The Bertz CT molecular complexity index is 553. The maximum atomic E-state index is 12.9. The van der Waals surface area contributed by atoms with Crippen molar-refractivity contribution in [3.63, 3.8) is 0 Å². The molecule has 0 aromatic heterocycles. The van der Waals surface area contributed by atoms with Crippen LogP contribution in [0, 0.1) is 11.6 Å². The van der Waals surface area contributed by atoms with Crippen LogP contribution in [0.3, 0.4) is 0 Å². The lowest BCUT2D eigenvalue weighted by Crippen LogP contribution is -2.00. The van der Waals surface area contributed by atoms with E-state index in [-0.39, 0.29) is 18.0 Å². The minimum Gasteiger partial charge on any atom is -0.504 e. The van der Waals surface area contributed by atoms with Gasteiger partial charge >= 0.3 is 0 Å².